The molecular formula is C21H15FN2O2. The summed E-state index contributed by atoms with van der Waals surface area (Å²) in [7, 11) is 0. The average Bonchev–Trinajstić information content (AvgIpc) is 2.69. The van der Waals surface area contributed by atoms with E-state index in [9.17, 15) is 9.50 Å². The number of hydrogen-bond donors (Lipinski definition) is 1. The Balaban J connectivity index is 1.74. The highest BCUT2D eigenvalue weighted by Gasteiger charge is 2.12. The molecule has 1 N–H and O–H groups in total. The van der Waals surface area contributed by atoms with Crippen molar-refractivity contribution in [3.05, 3.63) is 84.6 Å². The number of phenolic OH excluding ortho intramolecular Hbond substituents is 1. The van der Waals surface area contributed by atoms with Crippen LogP contribution in [0.5, 0.6) is 11.6 Å². The maximum absolute atomic E-state index is 13.8. The molecule has 0 fully saturated rings. The molecule has 2 aromatic carbocycles. The number of halogens is 1. The molecule has 26 heavy (non-hydrogen) atoms. The van der Waals surface area contributed by atoms with Gasteiger partial charge in [-0.1, -0.05) is 30.3 Å². The third-order valence-electron chi connectivity index (χ3n) is 4.12. The normalized spacial score (nSPS) is 10.8. The van der Waals surface area contributed by atoms with Gasteiger partial charge in [0.2, 0.25) is 5.88 Å². The Morgan fingerprint density at radius 1 is 0.962 bits per heavy atom. The number of benzene rings is 2. The van der Waals surface area contributed by atoms with Gasteiger partial charge in [0.15, 0.2) is 11.6 Å². The van der Waals surface area contributed by atoms with Gasteiger partial charge < -0.3 is 9.84 Å². The second kappa shape index (κ2) is 6.80. The number of phenols is 1. The van der Waals surface area contributed by atoms with Crippen molar-refractivity contribution in [2.24, 2.45) is 0 Å². The van der Waals surface area contributed by atoms with Gasteiger partial charge >= 0.3 is 0 Å². The molecule has 0 spiro atoms. The van der Waals surface area contributed by atoms with Crippen molar-refractivity contribution in [2.75, 3.05) is 0 Å². The fraction of sp³-hybridized carbons (Fsp3) is 0.0476. The van der Waals surface area contributed by atoms with Crippen molar-refractivity contribution in [1.29, 1.82) is 0 Å². The van der Waals surface area contributed by atoms with Crippen molar-refractivity contribution >= 4 is 10.8 Å². The van der Waals surface area contributed by atoms with E-state index in [0.717, 1.165) is 21.9 Å². The van der Waals surface area contributed by atoms with Crippen LogP contribution in [-0.2, 0) is 6.61 Å². The summed E-state index contributed by atoms with van der Waals surface area (Å²) in [4.78, 5) is 8.49. The summed E-state index contributed by atoms with van der Waals surface area (Å²) in [6.45, 7) is 0.359. The molecule has 0 aliphatic rings. The first-order valence-electron chi connectivity index (χ1n) is 8.11. The standard InChI is InChI=1S/C21H15FN2O2/c22-19-10-15(7-8-20(19)25)18-12-24-21(17-6-2-1-5-16(17)18)26-13-14-4-3-9-23-11-14/h1-12,25H,13H2. The second-order valence-electron chi connectivity index (χ2n) is 5.84. The first-order valence-corrected chi connectivity index (χ1v) is 8.11. The van der Waals surface area contributed by atoms with E-state index in [1.807, 2.05) is 36.4 Å². The van der Waals surface area contributed by atoms with Crippen molar-refractivity contribution < 1.29 is 14.2 Å². The largest absolute Gasteiger partial charge is 0.505 e. The monoisotopic (exact) mass is 346 g/mol. The minimum absolute atomic E-state index is 0.359. The van der Waals surface area contributed by atoms with Gasteiger partial charge in [-0.2, -0.15) is 0 Å². The Bertz CT molecular complexity index is 1070. The van der Waals surface area contributed by atoms with E-state index in [0.29, 0.717) is 18.1 Å². The van der Waals surface area contributed by atoms with E-state index in [1.165, 1.54) is 12.1 Å². The highest BCUT2D eigenvalue weighted by molar-refractivity contribution is 5.98. The number of aromatic nitrogens is 2. The van der Waals surface area contributed by atoms with E-state index >= 15 is 0 Å². The van der Waals surface area contributed by atoms with E-state index in [4.69, 9.17) is 4.74 Å². The molecule has 0 saturated heterocycles. The molecule has 5 heteroatoms. The van der Waals surface area contributed by atoms with Crippen LogP contribution in [-0.4, -0.2) is 15.1 Å². The van der Waals surface area contributed by atoms with E-state index < -0.39 is 5.82 Å². The molecule has 2 aromatic heterocycles. The number of aromatic hydroxyl groups is 1. The molecule has 128 valence electrons. The van der Waals surface area contributed by atoms with Crippen LogP contribution in [0, 0.1) is 5.82 Å². The maximum atomic E-state index is 13.8. The minimum Gasteiger partial charge on any atom is -0.505 e. The molecule has 4 nitrogen and oxygen atoms in total. The number of fused-ring (bicyclic) bond motifs is 1. The summed E-state index contributed by atoms with van der Waals surface area (Å²) >= 11 is 0. The molecule has 0 aliphatic carbocycles. The van der Waals surface area contributed by atoms with Crippen LogP contribution in [0.25, 0.3) is 21.9 Å². The van der Waals surface area contributed by atoms with Crippen molar-refractivity contribution in [2.45, 2.75) is 6.61 Å². The predicted octanol–water partition coefficient (Wildman–Crippen LogP) is 4.72. The van der Waals surface area contributed by atoms with Gasteiger partial charge in [0.1, 0.15) is 6.61 Å². The van der Waals surface area contributed by atoms with Gasteiger partial charge in [0.25, 0.3) is 0 Å². The Morgan fingerprint density at radius 3 is 2.58 bits per heavy atom. The number of ether oxygens (including phenoxy) is 1. The first-order chi connectivity index (χ1) is 12.7. The van der Waals surface area contributed by atoms with Crippen LogP contribution >= 0.6 is 0 Å². The lowest BCUT2D eigenvalue weighted by Crippen LogP contribution is -1.99. The Hall–Kier alpha value is -3.47. The molecule has 0 saturated carbocycles. The maximum Gasteiger partial charge on any atom is 0.221 e. The Labute approximate surface area is 149 Å². The van der Waals surface area contributed by atoms with Crippen LogP contribution < -0.4 is 4.74 Å². The molecule has 4 rings (SSSR count). The second-order valence-corrected chi connectivity index (χ2v) is 5.84. The number of nitrogens with zero attached hydrogens (tertiary/aromatic N) is 2. The summed E-state index contributed by atoms with van der Waals surface area (Å²) in [5.41, 5.74) is 2.36. The van der Waals surface area contributed by atoms with Crippen molar-refractivity contribution in [3.63, 3.8) is 0 Å². The van der Waals surface area contributed by atoms with Crippen LogP contribution in [0.2, 0.25) is 0 Å². The smallest absolute Gasteiger partial charge is 0.221 e. The number of hydrogen-bond acceptors (Lipinski definition) is 4. The molecule has 0 aliphatic heterocycles. The van der Waals surface area contributed by atoms with Crippen LogP contribution in [0.15, 0.2) is 73.2 Å². The van der Waals surface area contributed by atoms with Gasteiger partial charge in [-0.05, 0) is 35.2 Å². The SMILES string of the molecule is Oc1ccc(-c2cnc(OCc3cccnc3)c3ccccc23)cc1F. The summed E-state index contributed by atoms with van der Waals surface area (Å²) in [6.07, 6.45) is 5.12. The molecule has 2 heterocycles. The zero-order valence-corrected chi connectivity index (χ0v) is 13.8. The first kappa shape index (κ1) is 16.0. The quantitative estimate of drug-likeness (QED) is 0.581. The third kappa shape index (κ3) is 3.07. The van der Waals surface area contributed by atoms with Gasteiger partial charge in [-0.15, -0.1) is 0 Å². The van der Waals surface area contributed by atoms with Gasteiger partial charge in [0.05, 0.1) is 0 Å². The van der Waals surface area contributed by atoms with Gasteiger partial charge in [-0.25, -0.2) is 9.37 Å². The van der Waals surface area contributed by atoms with E-state index in [1.54, 1.807) is 24.7 Å². The predicted molar refractivity (Wildman–Crippen MR) is 97.4 cm³/mol. The average molecular weight is 346 g/mol. The Kier molecular flexibility index (Phi) is 4.19. The lowest BCUT2D eigenvalue weighted by atomic mass is 10.0. The fourth-order valence-corrected chi connectivity index (χ4v) is 2.82. The lowest BCUT2D eigenvalue weighted by molar-refractivity contribution is 0.297. The van der Waals surface area contributed by atoms with Crippen LogP contribution in [0.4, 0.5) is 4.39 Å². The fourth-order valence-electron chi connectivity index (χ4n) is 2.82. The number of rotatable bonds is 4. The minimum atomic E-state index is -0.663. The molecule has 0 bridgehead atoms. The van der Waals surface area contributed by atoms with Gasteiger partial charge in [-0.3, -0.25) is 4.98 Å². The highest BCUT2D eigenvalue weighted by Crippen LogP contribution is 2.34. The summed E-state index contributed by atoms with van der Waals surface area (Å²) < 4.78 is 19.6. The summed E-state index contributed by atoms with van der Waals surface area (Å²) in [5.74, 6) is -0.529. The third-order valence-corrected chi connectivity index (χ3v) is 4.12. The molecule has 0 atom stereocenters. The molecule has 0 radical (unpaired) electrons. The van der Waals surface area contributed by atoms with Crippen LogP contribution in [0.3, 0.4) is 0 Å². The topological polar surface area (TPSA) is 55.2 Å². The summed E-state index contributed by atoms with van der Waals surface area (Å²) in [6, 6.07) is 15.8. The zero-order valence-electron chi connectivity index (χ0n) is 13.8. The molecule has 0 unspecified atom stereocenters. The molecule has 0 amide bonds. The van der Waals surface area contributed by atoms with Crippen molar-refractivity contribution in [1.82, 2.24) is 9.97 Å². The highest BCUT2D eigenvalue weighted by atomic mass is 19.1. The number of pyridine rings is 2. The molecule has 4 aromatic rings. The Morgan fingerprint density at radius 2 is 1.81 bits per heavy atom. The summed E-state index contributed by atoms with van der Waals surface area (Å²) in [5, 5.41) is 11.1. The van der Waals surface area contributed by atoms with Crippen molar-refractivity contribution in [3.8, 4) is 22.8 Å². The lowest BCUT2D eigenvalue weighted by Gasteiger charge is -2.12. The van der Waals surface area contributed by atoms with E-state index in [2.05, 4.69) is 9.97 Å². The zero-order chi connectivity index (χ0) is 17.9. The van der Waals surface area contributed by atoms with E-state index in [-0.39, 0.29) is 5.75 Å². The molecular weight excluding hydrogens is 331 g/mol. The van der Waals surface area contributed by atoms with Crippen LogP contribution in [0.1, 0.15) is 5.56 Å². The van der Waals surface area contributed by atoms with Gasteiger partial charge in [0, 0.05) is 35.1 Å².